The Morgan fingerprint density at radius 3 is 2.73 bits per heavy atom. The lowest BCUT2D eigenvalue weighted by atomic mass is 10.2. The smallest absolute Gasteiger partial charge is 0.204 e. The summed E-state index contributed by atoms with van der Waals surface area (Å²) in [6.07, 6.45) is 1.38. The second-order valence-electron chi connectivity index (χ2n) is 2.74. The summed E-state index contributed by atoms with van der Waals surface area (Å²) in [4.78, 5) is 3.72. The van der Waals surface area contributed by atoms with Crippen LogP contribution in [0.25, 0.3) is 11.4 Å². The van der Waals surface area contributed by atoms with Gasteiger partial charge in [-0.25, -0.2) is 0 Å². The van der Waals surface area contributed by atoms with Gasteiger partial charge in [-0.1, -0.05) is 0 Å². The number of aromatic nitrogens is 4. The number of rotatable bonds is 3. The predicted molar refractivity (Wildman–Crippen MR) is 54.7 cm³/mol. The molecule has 0 aliphatic rings. The molecule has 2 rings (SSSR count). The molecule has 1 heterocycles. The Labute approximate surface area is 86.0 Å². The molecule has 0 aliphatic carbocycles. The summed E-state index contributed by atoms with van der Waals surface area (Å²) in [5.74, 6) is 1.28. The predicted octanol–water partition coefficient (Wildman–Crippen LogP) is 0.904. The number of benzene rings is 1. The van der Waals surface area contributed by atoms with Crippen molar-refractivity contribution in [3.8, 4) is 17.1 Å². The molecule has 0 spiro atoms. The van der Waals surface area contributed by atoms with E-state index in [1.807, 2.05) is 24.3 Å². The molecule has 15 heavy (non-hydrogen) atoms. The van der Waals surface area contributed by atoms with E-state index in [4.69, 9.17) is 4.74 Å². The topological polar surface area (TPSA) is 76.1 Å². The van der Waals surface area contributed by atoms with Crippen LogP contribution < -0.4 is 4.74 Å². The molecule has 1 aromatic heterocycles. The van der Waals surface area contributed by atoms with E-state index in [1.54, 1.807) is 7.05 Å². The number of hydrogen-bond acceptors (Lipinski definition) is 5. The van der Waals surface area contributed by atoms with Crippen molar-refractivity contribution in [2.24, 2.45) is 4.99 Å². The van der Waals surface area contributed by atoms with E-state index in [0.717, 1.165) is 5.56 Å². The third kappa shape index (κ3) is 2.16. The summed E-state index contributed by atoms with van der Waals surface area (Å²) in [5, 5.41) is 13.6. The summed E-state index contributed by atoms with van der Waals surface area (Å²) in [7, 11) is 1.65. The van der Waals surface area contributed by atoms with Gasteiger partial charge in [-0.05, 0) is 29.5 Å². The summed E-state index contributed by atoms with van der Waals surface area (Å²) >= 11 is 0. The van der Waals surface area contributed by atoms with Gasteiger partial charge >= 0.3 is 0 Å². The van der Waals surface area contributed by atoms with Crippen LogP contribution >= 0.6 is 0 Å². The van der Waals surface area contributed by atoms with Crippen molar-refractivity contribution in [3.63, 3.8) is 0 Å². The SMILES string of the molecule is CN=COc1ccc(-c2nn[nH]n2)cc1. The first-order valence-electron chi connectivity index (χ1n) is 4.31. The molecular weight excluding hydrogens is 194 g/mol. The molecular formula is C9H9N5O. The van der Waals surface area contributed by atoms with Crippen LogP contribution in [0.15, 0.2) is 29.3 Å². The van der Waals surface area contributed by atoms with Gasteiger partial charge in [-0.15, -0.1) is 10.2 Å². The van der Waals surface area contributed by atoms with E-state index in [0.29, 0.717) is 11.6 Å². The van der Waals surface area contributed by atoms with Gasteiger partial charge in [0.2, 0.25) is 5.82 Å². The van der Waals surface area contributed by atoms with Gasteiger partial charge in [0.1, 0.15) is 5.75 Å². The molecule has 76 valence electrons. The van der Waals surface area contributed by atoms with E-state index in [-0.39, 0.29) is 0 Å². The zero-order chi connectivity index (χ0) is 10.5. The molecule has 0 saturated heterocycles. The van der Waals surface area contributed by atoms with Crippen LogP contribution in [0.4, 0.5) is 0 Å². The first-order valence-corrected chi connectivity index (χ1v) is 4.31. The minimum Gasteiger partial charge on any atom is -0.446 e. The van der Waals surface area contributed by atoms with Crippen LogP contribution in [0.3, 0.4) is 0 Å². The highest BCUT2D eigenvalue weighted by Gasteiger charge is 2.01. The number of H-pyrrole nitrogens is 1. The van der Waals surface area contributed by atoms with Gasteiger partial charge in [0.05, 0.1) is 0 Å². The molecule has 1 aromatic carbocycles. The molecule has 1 N–H and O–H groups in total. The third-order valence-electron chi connectivity index (χ3n) is 1.75. The molecule has 0 fully saturated rings. The highest BCUT2D eigenvalue weighted by Crippen LogP contribution is 2.17. The molecule has 0 bridgehead atoms. The van der Waals surface area contributed by atoms with Crippen LogP contribution in [-0.2, 0) is 0 Å². The van der Waals surface area contributed by atoms with E-state index in [1.165, 1.54) is 6.40 Å². The quantitative estimate of drug-likeness (QED) is 0.594. The van der Waals surface area contributed by atoms with Gasteiger partial charge in [0.15, 0.2) is 6.40 Å². The van der Waals surface area contributed by atoms with Crippen LogP contribution in [-0.4, -0.2) is 34.1 Å². The lowest BCUT2D eigenvalue weighted by Crippen LogP contribution is -1.89. The highest BCUT2D eigenvalue weighted by molar-refractivity contribution is 5.57. The lowest BCUT2D eigenvalue weighted by Gasteiger charge is -1.99. The van der Waals surface area contributed by atoms with Crippen molar-refractivity contribution in [2.45, 2.75) is 0 Å². The summed E-state index contributed by atoms with van der Waals surface area (Å²) in [6.45, 7) is 0. The maximum Gasteiger partial charge on any atom is 0.204 e. The first-order chi connectivity index (χ1) is 7.40. The monoisotopic (exact) mass is 203 g/mol. The Kier molecular flexibility index (Phi) is 2.68. The Morgan fingerprint density at radius 2 is 2.13 bits per heavy atom. The van der Waals surface area contributed by atoms with Crippen LogP contribution in [0, 0.1) is 0 Å². The van der Waals surface area contributed by atoms with Gasteiger partial charge in [-0.3, -0.25) is 4.99 Å². The van der Waals surface area contributed by atoms with E-state index < -0.39 is 0 Å². The summed E-state index contributed by atoms with van der Waals surface area (Å²) in [6, 6.07) is 7.33. The number of ether oxygens (including phenoxy) is 1. The third-order valence-corrected chi connectivity index (χ3v) is 1.75. The first kappa shape index (κ1) is 9.32. The van der Waals surface area contributed by atoms with E-state index in [9.17, 15) is 0 Å². The molecule has 0 radical (unpaired) electrons. The van der Waals surface area contributed by atoms with Crippen molar-refractivity contribution in [1.82, 2.24) is 20.6 Å². The molecule has 0 saturated carbocycles. The van der Waals surface area contributed by atoms with Crippen molar-refractivity contribution in [2.75, 3.05) is 7.05 Å². The summed E-state index contributed by atoms with van der Waals surface area (Å²) in [5.41, 5.74) is 0.879. The average molecular weight is 203 g/mol. The van der Waals surface area contributed by atoms with Crippen molar-refractivity contribution in [3.05, 3.63) is 24.3 Å². The molecule has 0 amide bonds. The van der Waals surface area contributed by atoms with Gasteiger partial charge in [0, 0.05) is 12.6 Å². The second-order valence-corrected chi connectivity index (χ2v) is 2.74. The minimum absolute atomic E-state index is 0.561. The molecule has 0 aliphatic heterocycles. The van der Waals surface area contributed by atoms with Crippen molar-refractivity contribution < 1.29 is 4.74 Å². The molecule has 6 nitrogen and oxygen atoms in total. The average Bonchev–Trinajstić information content (AvgIpc) is 2.80. The minimum atomic E-state index is 0.561. The highest BCUT2D eigenvalue weighted by atomic mass is 16.5. The molecule has 0 unspecified atom stereocenters. The van der Waals surface area contributed by atoms with E-state index >= 15 is 0 Å². The Balaban J connectivity index is 2.17. The number of tetrazole rings is 1. The fourth-order valence-corrected chi connectivity index (χ4v) is 1.08. The fraction of sp³-hybridized carbons (Fsp3) is 0.111. The Bertz CT molecular complexity index is 434. The number of nitrogens with zero attached hydrogens (tertiary/aromatic N) is 4. The summed E-state index contributed by atoms with van der Waals surface area (Å²) < 4.78 is 5.17. The van der Waals surface area contributed by atoms with Gasteiger partial charge in [-0.2, -0.15) is 5.21 Å². The second kappa shape index (κ2) is 4.32. The number of aliphatic imine (C=N–C) groups is 1. The standard InChI is InChI=1S/C9H9N5O/c1-10-6-15-8-4-2-7(3-5-8)9-11-13-14-12-9/h2-6H,1H3,(H,11,12,13,14). The van der Waals surface area contributed by atoms with Crippen LogP contribution in [0.1, 0.15) is 0 Å². The number of hydrogen-bond donors (Lipinski definition) is 1. The normalized spacial score (nSPS) is 10.7. The number of nitrogens with one attached hydrogen (secondary N) is 1. The Hall–Kier alpha value is -2.24. The largest absolute Gasteiger partial charge is 0.446 e. The van der Waals surface area contributed by atoms with Gasteiger partial charge < -0.3 is 4.74 Å². The molecule has 2 aromatic rings. The van der Waals surface area contributed by atoms with Crippen LogP contribution in [0.5, 0.6) is 5.75 Å². The zero-order valence-electron chi connectivity index (χ0n) is 8.08. The van der Waals surface area contributed by atoms with E-state index in [2.05, 4.69) is 25.6 Å². The van der Waals surface area contributed by atoms with Gasteiger partial charge in [0.25, 0.3) is 0 Å². The van der Waals surface area contributed by atoms with Crippen molar-refractivity contribution in [1.29, 1.82) is 0 Å². The molecule has 0 atom stereocenters. The zero-order valence-corrected chi connectivity index (χ0v) is 8.08. The fourth-order valence-electron chi connectivity index (χ4n) is 1.08. The maximum atomic E-state index is 5.17. The number of aromatic amines is 1. The maximum absolute atomic E-state index is 5.17. The van der Waals surface area contributed by atoms with Crippen LogP contribution in [0.2, 0.25) is 0 Å². The molecule has 6 heteroatoms. The van der Waals surface area contributed by atoms with Crippen molar-refractivity contribution >= 4 is 6.40 Å². The Morgan fingerprint density at radius 1 is 1.33 bits per heavy atom. The lowest BCUT2D eigenvalue weighted by molar-refractivity contribution is 0.573.